The highest BCUT2D eigenvalue weighted by Crippen LogP contribution is 2.43. The van der Waals surface area contributed by atoms with Crippen molar-refractivity contribution in [1.29, 1.82) is 0 Å². The van der Waals surface area contributed by atoms with E-state index in [2.05, 4.69) is 16.7 Å². The Morgan fingerprint density at radius 2 is 1.69 bits per heavy atom. The highest BCUT2D eigenvalue weighted by atomic mass is 32.2. The highest BCUT2D eigenvalue weighted by Gasteiger charge is 2.38. The van der Waals surface area contributed by atoms with E-state index >= 15 is 0 Å². The molecule has 4 bridgehead atoms. The van der Waals surface area contributed by atoms with E-state index in [1.807, 2.05) is 12.1 Å². The van der Waals surface area contributed by atoms with Crippen molar-refractivity contribution in [3.63, 3.8) is 0 Å². The number of halogens is 1. The summed E-state index contributed by atoms with van der Waals surface area (Å²) in [7, 11) is -1.94. The predicted octanol–water partition coefficient (Wildman–Crippen LogP) is 6.07. The molecule has 1 heterocycles. The largest absolute Gasteiger partial charge is 0.398 e. The van der Waals surface area contributed by atoms with Gasteiger partial charge in [0.15, 0.2) is 9.84 Å². The van der Waals surface area contributed by atoms with Crippen molar-refractivity contribution in [2.24, 2.45) is 0 Å². The number of nitrogens with zero attached hydrogens (tertiary/aromatic N) is 1. The van der Waals surface area contributed by atoms with Crippen molar-refractivity contribution in [3.8, 4) is 0 Å². The molecule has 2 saturated carbocycles. The average molecular weight is 627 g/mol. The van der Waals surface area contributed by atoms with Crippen LogP contribution in [-0.4, -0.2) is 37.4 Å². The lowest BCUT2D eigenvalue weighted by atomic mass is 9.93. The van der Waals surface area contributed by atoms with Gasteiger partial charge in [-0.3, -0.25) is 9.59 Å². The van der Waals surface area contributed by atoms with E-state index in [1.165, 1.54) is 22.6 Å². The van der Waals surface area contributed by atoms with Gasteiger partial charge in [-0.25, -0.2) is 12.8 Å². The Labute approximate surface area is 261 Å². The number of aryl methyl sites for hydroxylation is 1. The molecule has 0 saturated heterocycles. The molecule has 4 N–H and O–H groups in total. The van der Waals surface area contributed by atoms with Gasteiger partial charge >= 0.3 is 0 Å². The molecule has 4 aromatic rings. The number of rotatable bonds is 5. The van der Waals surface area contributed by atoms with Crippen LogP contribution in [0.2, 0.25) is 0 Å². The van der Waals surface area contributed by atoms with Gasteiger partial charge in [0.2, 0.25) is 11.8 Å². The molecule has 3 aliphatic rings. The third kappa shape index (κ3) is 5.75. The van der Waals surface area contributed by atoms with Crippen LogP contribution < -0.4 is 16.4 Å². The molecule has 4 aromatic carbocycles. The van der Waals surface area contributed by atoms with Crippen LogP contribution in [-0.2, 0) is 32.4 Å². The fourth-order valence-electron chi connectivity index (χ4n) is 6.34. The molecule has 2 fully saturated rings. The number of benzene rings is 4. The van der Waals surface area contributed by atoms with Gasteiger partial charge in [-0.1, -0.05) is 24.3 Å². The molecule has 10 heteroatoms. The molecule has 7 rings (SSSR count). The van der Waals surface area contributed by atoms with E-state index < -0.39 is 26.9 Å². The van der Waals surface area contributed by atoms with Crippen LogP contribution >= 0.6 is 0 Å². The van der Waals surface area contributed by atoms with Crippen LogP contribution in [0, 0.1) is 5.82 Å². The number of carbonyl (C=O) groups is 2. The van der Waals surface area contributed by atoms with Crippen molar-refractivity contribution >= 4 is 49.5 Å². The number of anilines is 3. The number of sulfone groups is 1. The van der Waals surface area contributed by atoms with Crippen molar-refractivity contribution < 1.29 is 22.4 Å². The molecular formula is C35H35FN4O4S. The third-order valence-electron chi connectivity index (χ3n) is 9.09. The zero-order valence-electron chi connectivity index (χ0n) is 25.0. The van der Waals surface area contributed by atoms with Crippen molar-refractivity contribution in [1.82, 2.24) is 4.90 Å². The maximum atomic E-state index is 14.8. The summed E-state index contributed by atoms with van der Waals surface area (Å²) in [6.45, 7) is 0.0118. The second-order valence-corrected chi connectivity index (χ2v) is 14.7. The lowest BCUT2D eigenvalue weighted by Crippen LogP contribution is -2.35. The third-order valence-corrected chi connectivity index (χ3v) is 11.5. The minimum atomic E-state index is -3.58. The molecule has 0 aromatic heterocycles. The van der Waals surface area contributed by atoms with Crippen molar-refractivity contribution in [3.05, 3.63) is 94.8 Å². The molecule has 1 unspecified atom stereocenters. The molecule has 45 heavy (non-hydrogen) atoms. The number of likely N-dealkylation sites (N-methyl/N-ethyl adjacent to an activating group) is 1. The first-order valence-electron chi connectivity index (χ1n) is 15.4. The number of carbonyl (C=O) groups excluding carboxylic acids is 2. The molecule has 0 spiro atoms. The summed E-state index contributed by atoms with van der Waals surface area (Å²) in [5, 5.41) is 6.77. The lowest BCUT2D eigenvalue weighted by molar-refractivity contribution is -0.131. The Balaban J connectivity index is 1.32. The van der Waals surface area contributed by atoms with Crippen LogP contribution in [0.4, 0.5) is 21.5 Å². The molecule has 2 amide bonds. The minimum absolute atomic E-state index is 0.0118. The zero-order valence-corrected chi connectivity index (χ0v) is 25.8. The summed E-state index contributed by atoms with van der Waals surface area (Å²) >= 11 is 0. The Bertz CT molecular complexity index is 1970. The quantitative estimate of drug-likeness (QED) is 0.231. The van der Waals surface area contributed by atoms with Gasteiger partial charge in [0.05, 0.1) is 10.1 Å². The maximum absolute atomic E-state index is 14.8. The average Bonchev–Trinajstić information content (AvgIpc) is 3.93. The molecule has 2 aliphatic carbocycles. The second-order valence-electron chi connectivity index (χ2n) is 12.5. The van der Waals surface area contributed by atoms with E-state index in [0.717, 1.165) is 18.4 Å². The Morgan fingerprint density at radius 1 is 0.889 bits per heavy atom. The van der Waals surface area contributed by atoms with Crippen LogP contribution in [0.25, 0.3) is 10.8 Å². The minimum Gasteiger partial charge on any atom is -0.398 e. The first-order chi connectivity index (χ1) is 21.6. The van der Waals surface area contributed by atoms with E-state index in [1.54, 1.807) is 43.4 Å². The number of fused-ring (bicyclic) bond motifs is 5. The predicted molar refractivity (Wildman–Crippen MR) is 173 cm³/mol. The second kappa shape index (κ2) is 11.2. The van der Waals surface area contributed by atoms with Gasteiger partial charge in [0.25, 0.3) is 0 Å². The summed E-state index contributed by atoms with van der Waals surface area (Å²) in [6.07, 6.45) is 4.12. The maximum Gasteiger partial charge on any atom is 0.249 e. The van der Waals surface area contributed by atoms with Gasteiger partial charge in [-0.15, -0.1) is 0 Å². The zero-order chi connectivity index (χ0) is 31.5. The van der Waals surface area contributed by atoms with E-state index in [-0.39, 0.29) is 29.7 Å². The van der Waals surface area contributed by atoms with Gasteiger partial charge in [-0.05, 0) is 103 Å². The lowest BCUT2D eigenvalue weighted by Gasteiger charge is -2.28. The molecule has 8 nitrogen and oxygen atoms in total. The molecule has 1 aliphatic heterocycles. The van der Waals surface area contributed by atoms with Gasteiger partial charge in [0.1, 0.15) is 11.9 Å². The SMILES string of the molecule is CN1Cc2cc(ccc2S(=O)(=O)C2CC2)NC(=O)CCc2cc(ccc2C2CC2)C(Nc2ccc3c(N)ccc(F)c3c2)C1=O. The van der Waals surface area contributed by atoms with Gasteiger partial charge < -0.3 is 21.3 Å². The number of hydrogen-bond acceptors (Lipinski definition) is 6. The normalized spacial score (nSPS) is 19.2. The molecular weight excluding hydrogens is 591 g/mol. The fourth-order valence-corrected chi connectivity index (χ4v) is 8.20. The van der Waals surface area contributed by atoms with Crippen LogP contribution in [0.5, 0.6) is 0 Å². The Hall–Kier alpha value is -4.44. The van der Waals surface area contributed by atoms with E-state index in [4.69, 9.17) is 5.73 Å². The summed E-state index contributed by atoms with van der Waals surface area (Å²) in [6, 6.07) is 17.9. The Kier molecular flexibility index (Phi) is 7.27. The molecule has 1 atom stereocenters. The summed E-state index contributed by atoms with van der Waals surface area (Å²) < 4.78 is 41.6. The van der Waals surface area contributed by atoms with Crippen LogP contribution in [0.3, 0.4) is 0 Å². The first-order valence-corrected chi connectivity index (χ1v) is 16.9. The number of nitrogen functional groups attached to an aromatic ring is 1. The topological polar surface area (TPSA) is 122 Å². The van der Waals surface area contributed by atoms with Gasteiger partial charge in [0, 0.05) is 47.8 Å². The standard InChI is InChI=1S/C35H35FN4O4S/c1-40-19-23-17-24(7-14-32(23)45(43,44)26-8-9-26)38-33(41)15-5-21-16-22(4-10-27(21)20-2-3-20)34(35(40)42)39-25-6-11-28-29(18-25)30(36)12-13-31(28)37/h4,6-7,10-14,16-18,20,26,34,39H,2-3,5,8-9,15,19,37H2,1H3,(H,38,41). The van der Waals surface area contributed by atoms with E-state index in [0.29, 0.717) is 64.1 Å². The van der Waals surface area contributed by atoms with Crippen LogP contribution in [0.15, 0.2) is 71.6 Å². The molecule has 0 radical (unpaired) electrons. The summed E-state index contributed by atoms with van der Waals surface area (Å²) in [4.78, 5) is 29.1. The van der Waals surface area contributed by atoms with E-state index in [9.17, 15) is 22.4 Å². The Morgan fingerprint density at radius 3 is 2.44 bits per heavy atom. The number of amides is 2. The summed E-state index contributed by atoms with van der Waals surface area (Å²) in [5.74, 6) is -0.428. The van der Waals surface area contributed by atoms with Crippen LogP contribution in [0.1, 0.15) is 66.3 Å². The highest BCUT2D eigenvalue weighted by molar-refractivity contribution is 7.92. The molecule has 232 valence electrons. The number of nitrogens with two attached hydrogens (primary N) is 1. The fraction of sp³-hybridized carbons (Fsp3) is 0.314. The summed E-state index contributed by atoms with van der Waals surface area (Å²) in [5.41, 5.74) is 10.9. The smallest absolute Gasteiger partial charge is 0.249 e. The first kappa shape index (κ1) is 29.3. The monoisotopic (exact) mass is 626 g/mol. The van der Waals surface area contributed by atoms with Crippen molar-refractivity contribution in [2.45, 2.75) is 67.2 Å². The number of hydrogen-bond donors (Lipinski definition) is 3. The van der Waals surface area contributed by atoms with Crippen molar-refractivity contribution in [2.75, 3.05) is 23.4 Å². The van der Waals surface area contributed by atoms with Gasteiger partial charge in [-0.2, -0.15) is 0 Å². The number of nitrogens with one attached hydrogen (secondary N) is 2.